The number of aliphatic carboxylic acids is 1. The van der Waals surface area contributed by atoms with E-state index in [9.17, 15) is 13.2 Å². The van der Waals surface area contributed by atoms with Crippen LogP contribution in [-0.4, -0.2) is 36.1 Å². The minimum atomic E-state index is -5.19. The minimum Gasteiger partial charge on any atom is -0.542 e. The molecule has 70 valence electrons. The largest absolute Gasteiger partial charge is 0.542 e. The Morgan fingerprint density at radius 3 is 1.18 bits per heavy atom. The van der Waals surface area contributed by atoms with E-state index in [-0.39, 0.29) is 46.2 Å². The summed E-state index contributed by atoms with van der Waals surface area (Å²) in [4.78, 5) is 8.78. The second-order valence-electron chi connectivity index (χ2n) is 0.785. The smallest absolute Gasteiger partial charge is 0.430 e. The van der Waals surface area contributed by atoms with Crippen LogP contribution in [0, 0.1) is 0 Å². The van der Waals surface area contributed by atoms with Crippen molar-refractivity contribution >= 4 is 29.9 Å². The maximum absolute atomic E-state index is 10.5. The Morgan fingerprint density at radius 1 is 1.09 bits per heavy atom. The summed E-state index contributed by atoms with van der Waals surface area (Å²) in [7, 11) is 0. The van der Waals surface area contributed by atoms with Crippen molar-refractivity contribution in [1.29, 1.82) is 0 Å². The fourth-order valence-corrected chi connectivity index (χ4v) is 0. The molecule has 0 unspecified atom stereocenters. The average molecular weight is 280 g/mol. The van der Waals surface area contributed by atoms with Gasteiger partial charge in [0, 0.05) is 23.9 Å². The number of alkyl halides is 3. The van der Waals surface area contributed by atoms with Crippen molar-refractivity contribution in [3.63, 3.8) is 0 Å². The van der Waals surface area contributed by atoms with Crippen LogP contribution in [0.5, 0.6) is 0 Å². The fourth-order valence-electron chi connectivity index (χ4n) is 0. The van der Waals surface area contributed by atoms with Gasteiger partial charge in [0.25, 0.3) is 0 Å². The van der Waals surface area contributed by atoms with Gasteiger partial charge in [0.1, 0.15) is 5.97 Å². The standard InChI is InChI=1S/C2HF3O2.3CH4.Sn/c3-2(4,5)1(6)7;;;;/h(H,6,7);3*1H4;/p-1. The van der Waals surface area contributed by atoms with Crippen LogP contribution in [0.15, 0.2) is 0 Å². The van der Waals surface area contributed by atoms with Crippen molar-refractivity contribution in [3.05, 3.63) is 0 Å². The number of halogens is 3. The molecule has 0 saturated heterocycles. The fraction of sp³-hybridized carbons (Fsp3) is 0.800. The Kier molecular flexibility index (Phi) is 27.9. The molecule has 0 fully saturated rings. The first-order valence-corrected chi connectivity index (χ1v) is 1.23. The molecule has 0 aromatic heterocycles. The van der Waals surface area contributed by atoms with Crippen molar-refractivity contribution in [3.8, 4) is 0 Å². The summed E-state index contributed by atoms with van der Waals surface area (Å²) < 4.78 is 31.5. The molecule has 0 aliphatic rings. The molecule has 0 saturated carbocycles. The Morgan fingerprint density at radius 2 is 1.18 bits per heavy atom. The third kappa shape index (κ3) is 17.8. The Bertz CT molecular complexity index is 92.2. The SMILES string of the molecule is C.C.C.O=C([O-])C(F)(F)F.[Sn]. The van der Waals surface area contributed by atoms with Crippen LogP contribution in [-0.2, 0) is 4.79 Å². The van der Waals surface area contributed by atoms with Crippen LogP contribution in [0.25, 0.3) is 0 Å². The molecular weight excluding hydrogens is 268 g/mol. The monoisotopic (exact) mass is 281 g/mol. The Hall–Kier alpha value is 0.0587. The van der Waals surface area contributed by atoms with E-state index in [0.717, 1.165) is 0 Å². The Balaban J connectivity index is -0.0000000300. The molecule has 0 heterocycles. The van der Waals surface area contributed by atoms with E-state index in [4.69, 9.17) is 9.90 Å². The maximum atomic E-state index is 10.5. The van der Waals surface area contributed by atoms with Gasteiger partial charge >= 0.3 is 6.18 Å². The van der Waals surface area contributed by atoms with Crippen LogP contribution in [0.2, 0.25) is 0 Å². The van der Waals surface area contributed by atoms with E-state index >= 15 is 0 Å². The second-order valence-corrected chi connectivity index (χ2v) is 0.785. The first-order valence-electron chi connectivity index (χ1n) is 1.23. The van der Waals surface area contributed by atoms with Gasteiger partial charge in [0.05, 0.1) is 0 Å². The van der Waals surface area contributed by atoms with Gasteiger partial charge in [-0.05, 0) is 0 Å². The number of rotatable bonds is 0. The molecule has 0 aromatic carbocycles. The predicted octanol–water partition coefficient (Wildman–Crippen LogP) is 0.826. The molecule has 4 radical (unpaired) electrons. The molecular formula is C5H12F3O2Sn-. The molecule has 0 aliphatic carbocycles. The van der Waals surface area contributed by atoms with E-state index < -0.39 is 12.1 Å². The quantitative estimate of drug-likeness (QED) is 0.616. The molecule has 11 heavy (non-hydrogen) atoms. The number of hydrogen-bond donors (Lipinski definition) is 0. The van der Waals surface area contributed by atoms with Crippen LogP contribution >= 0.6 is 0 Å². The zero-order valence-corrected chi connectivity index (χ0v) is 6.30. The molecule has 0 bridgehead atoms. The van der Waals surface area contributed by atoms with Crippen molar-refractivity contribution in [2.24, 2.45) is 0 Å². The summed E-state index contributed by atoms with van der Waals surface area (Å²) in [6, 6.07) is 0. The summed E-state index contributed by atoms with van der Waals surface area (Å²) in [6.07, 6.45) is -5.19. The van der Waals surface area contributed by atoms with Gasteiger partial charge < -0.3 is 9.90 Å². The molecule has 0 spiro atoms. The predicted molar refractivity (Wildman–Crippen MR) is 37.0 cm³/mol. The van der Waals surface area contributed by atoms with E-state index in [1.807, 2.05) is 0 Å². The molecule has 0 amide bonds. The first kappa shape index (κ1) is 30.5. The first-order chi connectivity index (χ1) is 2.94. The Labute approximate surface area is 81.7 Å². The molecule has 0 aromatic rings. The van der Waals surface area contributed by atoms with Gasteiger partial charge in [-0.2, -0.15) is 13.2 Å². The molecule has 0 atom stereocenters. The van der Waals surface area contributed by atoms with Gasteiger partial charge in [-0.1, -0.05) is 22.3 Å². The van der Waals surface area contributed by atoms with Gasteiger partial charge in [-0.25, -0.2) is 0 Å². The maximum Gasteiger partial charge on any atom is 0.430 e. The van der Waals surface area contributed by atoms with Crippen molar-refractivity contribution in [1.82, 2.24) is 0 Å². The van der Waals surface area contributed by atoms with E-state index in [1.165, 1.54) is 0 Å². The summed E-state index contributed by atoms with van der Waals surface area (Å²) in [5.41, 5.74) is 0. The van der Waals surface area contributed by atoms with Gasteiger partial charge in [-0.3, -0.25) is 0 Å². The van der Waals surface area contributed by atoms with Crippen molar-refractivity contribution in [2.75, 3.05) is 0 Å². The topological polar surface area (TPSA) is 40.1 Å². The van der Waals surface area contributed by atoms with Crippen LogP contribution in [0.4, 0.5) is 13.2 Å². The molecule has 6 heteroatoms. The van der Waals surface area contributed by atoms with Crippen LogP contribution in [0.3, 0.4) is 0 Å². The van der Waals surface area contributed by atoms with Gasteiger partial charge in [0.15, 0.2) is 0 Å². The number of carbonyl (C=O) groups excluding carboxylic acids is 1. The van der Waals surface area contributed by atoms with Crippen LogP contribution < -0.4 is 5.11 Å². The summed E-state index contributed by atoms with van der Waals surface area (Å²) in [6.45, 7) is 0. The number of carbonyl (C=O) groups is 1. The van der Waals surface area contributed by atoms with Crippen LogP contribution in [0.1, 0.15) is 22.3 Å². The van der Waals surface area contributed by atoms with E-state index in [0.29, 0.717) is 0 Å². The van der Waals surface area contributed by atoms with Crippen molar-refractivity contribution < 1.29 is 23.1 Å². The minimum absolute atomic E-state index is 0. The average Bonchev–Trinajstić information content (AvgIpc) is 1.31. The number of carboxylic acids is 1. The van der Waals surface area contributed by atoms with E-state index in [1.54, 1.807) is 0 Å². The third-order valence-corrected chi connectivity index (χ3v) is 0.231. The zero-order chi connectivity index (χ0) is 6.08. The summed E-state index contributed by atoms with van der Waals surface area (Å²) >= 11 is 0. The third-order valence-electron chi connectivity index (χ3n) is 0.231. The van der Waals surface area contributed by atoms with E-state index in [2.05, 4.69) is 0 Å². The van der Waals surface area contributed by atoms with Gasteiger partial charge in [0.2, 0.25) is 0 Å². The number of hydrogen-bond acceptors (Lipinski definition) is 2. The normalized spacial score (nSPS) is 7.18. The number of carboxylic acid groups (broad SMARTS) is 1. The molecule has 2 nitrogen and oxygen atoms in total. The zero-order valence-electron chi connectivity index (χ0n) is 3.45. The summed E-state index contributed by atoms with van der Waals surface area (Å²) in [5, 5.41) is 8.78. The molecule has 0 aliphatic heterocycles. The summed E-state index contributed by atoms with van der Waals surface area (Å²) in [5.74, 6) is -3.01. The second kappa shape index (κ2) is 10.1. The molecule has 0 rings (SSSR count). The van der Waals surface area contributed by atoms with Gasteiger partial charge in [-0.15, -0.1) is 0 Å². The van der Waals surface area contributed by atoms with Crippen molar-refractivity contribution in [2.45, 2.75) is 28.5 Å². The molecule has 0 N–H and O–H groups in total.